The van der Waals surface area contributed by atoms with Crippen molar-refractivity contribution in [3.8, 4) is 0 Å². The van der Waals surface area contributed by atoms with Crippen molar-refractivity contribution in [2.45, 2.75) is 24.5 Å². The van der Waals surface area contributed by atoms with Crippen molar-refractivity contribution in [1.82, 2.24) is 19.5 Å². The first-order valence-corrected chi connectivity index (χ1v) is 8.55. The first-order chi connectivity index (χ1) is 13.6. The summed E-state index contributed by atoms with van der Waals surface area (Å²) in [6.07, 6.45) is -1.74. The molecule has 4 atom stereocenters. The minimum absolute atomic E-state index is 0.144. The van der Waals surface area contributed by atoms with Crippen LogP contribution in [0.4, 0.5) is 11.8 Å². The van der Waals surface area contributed by atoms with Crippen LogP contribution in [0.1, 0.15) is 11.8 Å². The molecule has 11 nitrogen and oxygen atoms in total. The Labute approximate surface area is 159 Å². The molecule has 3 heterocycles. The molecule has 4 rings (SSSR count). The second-order valence-corrected chi connectivity index (χ2v) is 6.25. The molecule has 0 amide bonds. The van der Waals surface area contributed by atoms with Crippen molar-refractivity contribution in [2.24, 2.45) is 5.10 Å². The molecule has 1 fully saturated rings. The Morgan fingerprint density at radius 2 is 2.00 bits per heavy atom. The van der Waals surface area contributed by atoms with Crippen LogP contribution in [0.3, 0.4) is 0 Å². The summed E-state index contributed by atoms with van der Waals surface area (Å²) in [7, 11) is 0. The van der Waals surface area contributed by atoms with Crippen LogP contribution in [0.15, 0.2) is 41.8 Å². The number of aromatic nitrogens is 4. The summed E-state index contributed by atoms with van der Waals surface area (Å²) >= 11 is 0. The topological polar surface area (TPSA) is 164 Å². The van der Waals surface area contributed by atoms with Crippen LogP contribution in [0, 0.1) is 0 Å². The molecule has 6 N–H and O–H groups in total. The lowest BCUT2D eigenvalue weighted by molar-refractivity contribution is -0.0501. The summed E-state index contributed by atoms with van der Waals surface area (Å²) in [5.74, 6) is 0.329. The molecule has 3 aromatic rings. The van der Waals surface area contributed by atoms with Crippen molar-refractivity contribution in [1.29, 1.82) is 0 Å². The number of hydrogen-bond acceptors (Lipinski definition) is 10. The minimum atomic E-state index is -1.32. The number of nitrogens with one attached hydrogen (secondary N) is 1. The summed E-state index contributed by atoms with van der Waals surface area (Å²) in [5.41, 5.74) is 10.1. The van der Waals surface area contributed by atoms with Crippen LogP contribution in [-0.2, 0) is 4.74 Å². The lowest BCUT2D eigenvalue weighted by Crippen LogP contribution is -2.33. The molecule has 1 aromatic carbocycles. The van der Waals surface area contributed by atoms with E-state index in [9.17, 15) is 15.3 Å². The number of benzene rings is 1. The summed E-state index contributed by atoms with van der Waals surface area (Å²) in [5, 5.41) is 34.0. The monoisotopic (exact) mass is 385 g/mol. The number of anilines is 2. The normalized spacial score (nSPS) is 25.0. The highest BCUT2D eigenvalue weighted by atomic mass is 16.6. The third kappa shape index (κ3) is 3.16. The molecule has 2 aromatic heterocycles. The van der Waals surface area contributed by atoms with Crippen LogP contribution >= 0.6 is 0 Å². The van der Waals surface area contributed by atoms with Gasteiger partial charge in [0.1, 0.15) is 24.6 Å². The van der Waals surface area contributed by atoms with E-state index < -0.39 is 31.1 Å². The number of nitrogens with zero attached hydrogens (tertiary/aromatic N) is 5. The Morgan fingerprint density at radius 3 is 2.71 bits per heavy atom. The maximum atomic E-state index is 10.4. The molecule has 1 saturated heterocycles. The van der Waals surface area contributed by atoms with Crippen LogP contribution in [0.5, 0.6) is 0 Å². The average molecular weight is 385 g/mol. The summed E-state index contributed by atoms with van der Waals surface area (Å²) in [6.45, 7) is -0.451. The van der Waals surface area contributed by atoms with E-state index in [1.165, 1.54) is 10.9 Å². The fourth-order valence-electron chi connectivity index (χ4n) is 3.04. The van der Waals surface area contributed by atoms with Crippen LogP contribution in [-0.4, -0.2) is 66.0 Å². The first kappa shape index (κ1) is 18.3. The number of imidazole rings is 1. The zero-order valence-electron chi connectivity index (χ0n) is 14.6. The Morgan fingerprint density at radius 1 is 1.21 bits per heavy atom. The molecular formula is C17H19N7O4. The third-order valence-electron chi connectivity index (χ3n) is 4.45. The van der Waals surface area contributed by atoms with Gasteiger partial charge in [0.25, 0.3) is 0 Å². The summed E-state index contributed by atoms with van der Waals surface area (Å²) < 4.78 is 7.04. The third-order valence-corrected chi connectivity index (χ3v) is 4.45. The number of aliphatic hydroxyl groups is 3. The van der Waals surface area contributed by atoms with Gasteiger partial charge < -0.3 is 25.8 Å². The highest BCUT2D eigenvalue weighted by Gasteiger charge is 2.45. The molecular weight excluding hydrogens is 366 g/mol. The lowest BCUT2D eigenvalue weighted by Gasteiger charge is -2.18. The highest BCUT2D eigenvalue weighted by molar-refractivity contribution is 5.84. The van der Waals surface area contributed by atoms with Crippen molar-refractivity contribution in [3.05, 3.63) is 42.2 Å². The van der Waals surface area contributed by atoms with Crippen LogP contribution < -0.4 is 11.2 Å². The van der Waals surface area contributed by atoms with Gasteiger partial charge >= 0.3 is 0 Å². The maximum Gasteiger partial charge on any atom is 0.228 e. The maximum absolute atomic E-state index is 10.4. The second kappa shape index (κ2) is 7.48. The van der Waals surface area contributed by atoms with E-state index in [-0.39, 0.29) is 17.3 Å². The zero-order chi connectivity index (χ0) is 19.7. The standard InChI is InChI=1S/C17H19N7O4/c18-14-11-15(20-8-19-14)24(16-13(27)12(26)10(7-25)28-16)17(22-11)23-21-6-9-4-2-1-3-5-9/h1-6,8,10,12-13,16,25-27H,7H2,(H,22,23)(H2,18,19,20)/t10-,12+,13+,16-/m0/s1. The quantitative estimate of drug-likeness (QED) is 0.287. The van der Waals surface area contributed by atoms with Gasteiger partial charge in [-0.2, -0.15) is 5.10 Å². The highest BCUT2D eigenvalue weighted by Crippen LogP contribution is 2.35. The number of ether oxygens (including phenoxy) is 1. The first-order valence-electron chi connectivity index (χ1n) is 8.55. The van der Waals surface area contributed by atoms with E-state index in [1.54, 1.807) is 6.21 Å². The van der Waals surface area contributed by atoms with Crippen molar-refractivity contribution < 1.29 is 20.1 Å². The van der Waals surface area contributed by atoms with E-state index in [1.807, 2.05) is 30.3 Å². The fourth-order valence-corrected chi connectivity index (χ4v) is 3.04. The molecule has 0 spiro atoms. The molecule has 146 valence electrons. The molecule has 28 heavy (non-hydrogen) atoms. The van der Waals surface area contributed by atoms with Gasteiger partial charge in [-0.3, -0.25) is 4.57 Å². The number of hydrazone groups is 1. The van der Waals surface area contributed by atoms with Gasteiger partial charge in [0.2, 0.25) is 5.95 Å². The van der Waals surface area contributed by atoms with Gasteiger partial charge in [0.05, 0.1) is 12.8 Å². The Kier molecular flexibility index (Phi) is 4.88. The van der Waals surface area contributed by atoms with Gasteiger partial charge in [0, 0.05) is 0 Å². The van der Waals surface area contributed by atoms with Crippen molar-refractivity contribution >= 4 is 29.1 Å². The molecule has 11 heteroatoms. The summed E-state index contributed by atoms with van der Waals surface area (Å²) in [4.78, 5) is 12.4. The SMILES string of the molecule is Nc1ncnc2c1nc(NN=Cc1ccccc1)n2[C@H]1O[C@@H](CO)[C@@H](O)[C@H]1O. The van der Waals surface area contributed by atoms with E-state index in [2.05, 4.69) is 25.5 Å². The number of hydrogen-bond donors (Lipinski definition) is 5. The fraction of sp³-hybridized carbons (Fsp3) is 0.294. The van der Waals surface area contributed by atoms with Crippen LogP contribution in [0.2, 0.25) is 0 Å². The average Bonchev–Trinajstić information content (AvgIpc) is 3.21. The molecule has 0 bridgehead atoms. The van der Waals surface area contributed by atoms with Gasteiger partial charge in [-0.15, -0.1) is 0 Å². The van der Waals surface area contributed by atoms with E-state index >= 15 is 0 Å². The molecule has 0 unspecified atom stereocenters. The molecule has 0 aliphatic carbocycles. The van der Waals surface area contributed by atoms with Gasteiger partial charge in [-0.25, -0.2) is 20.4 Å². The number of aliphatic hydroxyl groups excluding tert-OH is 3. The number of nitrogen functional groups attached to an aromatic ring is 1. The Bertz CT molecular complexity index is 994. The Balaban J connectivity index is 1.73. The second-order valence-electron chi connectivity index (χ2n) is 6.25. The van der Waals surface area contributed by atoms with Crippen molar-refractivity contribution in [3.63, 3.8) is 0 Å². The summed E-state index contributed by atoms with van der Waals surface area (Å²) in [6, 6.07) is 9.42. The predicted molar refractivity (Wildman–Crippen MR) is 100 cm³/mol. The molecule has 0 radical (unpaired) electrons. The van der Waals surface area contributed by atoms with Gasteiger partial charge in [-0.05, 0) is 5.56 Å². The van der Waals surface area contributed by atoms with Gasteiger partial charge in [0.15, 0.2) is 23.2 Å². The zero-order valence-corrected chi connectivity index (χ0v) is 14.6. The number of fused-ring (bicyclic) bond motifs is 1. The molecule has 0 saturated carbocycles. The smallest absolute Gasteiger partial charge is 0.228 e. The van der Waals surface area contributed by atoms with Gasteiger partial charge in [-0.1, -0.05) is 30.3 Å². The molecule has 1 aliphatic rings. The number of rotatable bonds is 5. The lowest BCUT2D eigenvalue weighted by atomic mass is 10.1. The van der Waals surface area contributed by atoms with Crippen molar-refractivity contribution in [2.75, 3.05) is 17.8 Å². The van der Waals surface area contributed by atoms with E-state index in [4.69, 9.17) is 10.5 Å². The Hall–Kier alpha value is -3.12. The largest absolute Gasteiger partial charge is 0.394 e. The minimum Gasteiger partial charge on any atom is -0.394 e. The van der Waals surface area contributed by atoms with Crippen LogP contribution in [0.25, 0.3) is 11.2 Å². The predicted octanol–water partition coefficient (Wildman–Crippen LogP) is -0.534. The van der Waals surface area contributed by atoms with E-state index in [0.717, 1.165) is 5.56 Å². The molecule has 1 aliphatic heterocycles. The van der Waals surface area contributed by atoms with E-state index in [0.29, 0.717) is 5.65 Å². The number of nitrogens with two attached hydrogens (primary N) is 1.